The van der Waals surface area contributed by atoms with Gasteiger partial charge in [0, 0.05) is 43.2 Å². The number of nitrogens with zero attached hydrogens (tertiary/aromatic N) is 2. The first kappa shape index (κ1) is 15.2. The molecule has 0 aliphatic rings. The van der Waals surface area contributed by atoms with Crippen molar-refractivity contribution in [2.45, 2.75) is 20.3 Å². The SMILES string of the molecule is CC(=O)c1cc(F)c(C)cc1N(C)CCc1ccccn1. The Hall–Kier alpha value is -2.23. The summed E-state index contributed by atoms with van der Waals surface area (Å²) in [6.45, 7) is 3.87. The fourth-order valence-corrected chi connectivity index (χ4v) is 2.21. The van der Waals surface area contributed by atoms with Crippen LogP contribution in [0.1, 0.15) is 28.5 Å². The molecule has 0 bridgehead atoms. The van der Waals surface area contributed by atoms with Gasteiger partial charge in [0.05, 0.1) is 0 Å². The van der Waals surface area contributed by atoms with Crippen LogP contribution in [-0.4, -0.2) is 24.4 Å². The van der Waals surface area contributed by atoms with Gasteiger partial charge in [-0.3, -0.25) is 9.78 Å². The molecule has 110 valence electrons. The van der Waals surface area contributed by atoms with Crippen LogP contribution in [0.4, 0.5) is 10.1 Å². The van der Waals surface area contributed by atoms with Crippen LogP contribution < -0.4 is 4.90 Å². The second-order valence-electron chi connectivity index (χ2n) is 5.17. The van der Waals surface area contributed by atoms with Gasteiger partial charge in [-0.05, 0) is 43.7 Å². The van der Waals surface area contributed by atoms with Gasteiger partial charge in [-0.15, -0.1) is 0 Å². The molecular weight excluding hydrogens is 267 g/mol. The van der Waals surface area contributed by atoms with Crippen molar-refractivity contribution in [1.82, 2.24) is 4.98 Å². The maximum atomic E-state index is 13.7. The quantitative estimate of drug-likeness (QED) is 0.790. The number of hydrogen-bond acceptors (Lipinski definition) is 3. The lowest BCUT2D eigenvalue weighted by Gasteiger charge is -2.22. The Labute approximate surface area is 124 Å². The normalized spacial score (nSPS) is 10.5. The Bertz CT molecular complexity index is 641. The van der Waals surface area contributed by atoms with Gasteiger partial charge in [-0.1, -0.05) is 6.07 Å². The molecule has 1 heterocycles. The molecule has 0 fully saturated rings. The third kappa shape index (κ3) is 3.66. The highest BCUT2D eigenvalue weighted by Gasteiger charge is 2.14. The molecule has 21 heavy (non-hydrogen) atoms. The number of Topliss-reactive ketones (excluding diaryl/α,β-unsaturated/α-hetero) is 1. The van der Waals surface area contributed by atoms with E-state index in [9.17, 15) is 9.18 Å². The average molecular weight is 286 g/mol. The van der Waals surface area contributed by atoms with Crippen LogP contribution in [0.3, 0.4) is 0 Å². The summed E-state index contributed by atoms with van der Waals surface area (Å²) in [4.78, 5) is 18.0. The molecule has 0 spiro atoms. The topological polar surface area (TPSA) is 33.2 Å². The van der Waals surface area contributed by atoms with Gasteiger partial charge in [0.25, 0.3) is 0 Å². The molecule has 0 radical (unpaired) electrons. The van der Waals surface area contributed by atoms with Crippen LogP contribution in [-0.2, 0) is 6.42 Å². The third-order valence-corrected chi connectivity index (χ3v) is 3.50. The average Bonchev–Trinajstić information content (AvgIpc) is 2.48. The van der Waals surface area contributed by atoms with Gasteiger partial charge in [0.1, 0.15) is 5.82 Å². The van der Waals surface area contributed by atoms with Gasteiger partial charge < -0.3 is 4.90 Å². The zero-order valence-corrected chi connectivity index (χ0v) is 12.6. The number of rotatable bonds is 5. The summed E-state index contributed by atoms with van der Waals surface area (Å²) in [5.74, 6) is -0.476. The molecule has 1 aromatic carbocycles. The van der Waals surface area contributed by atoms with Crippen molar-refractivity contribution in [3.8, 4) is 0 Å². The number of hydrogen-bond donors (Lipinski definition) is 0. The van der Waals surface area contributed by atoms with E-state index in [0.717, 1.165) is 17.8 Å². The minimum atomic E-state index is -0.345. The second-order valence-corrected chi connectivity index (χ2v) is 5.17. The Morgan fingerprint density at radius 2 is 2.10 bits per heavy atom. The van der Waals surface area contributed by atoms with Crippen LogP contribution >= 0.6 is 0 Å². The van der Waals surface area contributed by atoms with Crippen molar-refractivity contribution in [2.24, 2.45) is 0 Å². The van der Waals surface area contributed by atoms with E-state index in [1.165, 1.54) is 13.0 Å². The minimum absolute atomic E-state index is 0.131. The van der Waals surface area contributed by atoms with E-state index >= 15 is 0 Å². The van der Waals surface area contributed by atoms with E-state index in [4.69, 9.17) is 0 Å². The molecule has 0 aliphatic carbocycles. The maximum absolute atomic E-state index is 13.7. The summed E-state index contributed by atoms with van der Waals surface area (Å²) in [6.07, 6.45) is 2.53. The fraction of sp³-hybridized carbons (Fsp3) is 0.294. The Balaban J connectivity index is 2.20. The van der Waals surface area contributed by atoms with Gasteiger partial charge >= 0.3 is 0 Å². The summed E-state index contributed by atoms with van der Waals surface area (Å²) in [6, 6.07) is 8.85. The van der Waals surface area contributed by atoms with Gasteiger partial charge in [-0.25, -0.2) is 4.39 Å². The number of halogens is 1. The lowest BCUT2D eigenvalue weighted by molar-refractivity contribution is 0.101. The van der Waals surface area contributed by atoms with Crippen molar-refractivity contribution in [3.63, 3.8) is 0 Å². The lowest BCUT2D eigenvalue weighted by atomic mass is 10.0. The summed E-state index contributed by atoms with van der Waals surface area (Å²) in [5, 5.41) is 0. The number of benzene rings is 1. The predicted molar refractivity (Wildman–Crippen MR) is 82.4 cm³/mol. The molecule has 1 aromatic heterocycles. The number of carbonyl (C=O) groups is 1. The van der Waals surface area contributed by atoms with Gasteiger partial charge in [0.2, 0.25) is 0 Å². The molecule has 0 saturated carbocycles. The van der Waals surface area contributed by atoms with Gasteiger partial charge in [0.15, 0.2) is 5.78 Å². The van der Waals surface area contributed by atoms with Crippen LogP contribution in [0.15, 0.2) is 36.5 Å². The summed E-state index contributed by atoms with van der Waals surface area (Å²) in [5.41, 5.74) is 2.71. The number of pyridine rings is 1. The molecule has 0 atom stereocenters. The highest BCUT2D eigenvalue weighted by molar-refractivity contribution is 5.99. The lowest BCUT2D eigenvalue weighted by Crippen LogP contribution is -2.23. The number of carbonyl (C=O) groups excluding carboxylic acids is 1. The highest BCUT2D eigenvalue weighted by atomic mass is 19.1. The van der Waals surface area contributed by atoms with Crippen LogP contribution in [0.5, 0.6) is 0 Å². The first-order valence-corrected chi connectivity index (χ1v) is 6.91. The molecular formula is C17H19FN2O. The van der Waals surface area contributed by atoms with Crippen molar-refractivity contribution in [3.05, 3.63) is 59.2 Å². The molecule has 0 aliphatic heterocycles. The number of anilines is 1. The zero-order valence-electron chi connectivity index (χ0n) is 12.6. The Morgan fingerprint density at radius 3 is 2.71 bits per heavy atom. The van der Waals surface area contributed by atoms with Crippen molar-refractivity contribution in [1.29, 1.82) is 0 Å². The first-order valence-electron chi connectivity index (χ1n) is 6.91. The number of aromatic nitrogens is 1. The maximum Gasteiger partial charge on any atom is 0.161 e. The summed E-state index contributed by atoms with van der Waals surface area (Å²) >= 11 is 0. The Kier molecular flexibility index (Phi) is 4.68. The standard InChI is InChI=1S/C17H19FN2O/c1-12-10-17(15(13(2)21)11-16(12)18)20(3)9-7-14-6-4-5-8-19-14/h4-6,8,10-11H,7,9H2,1-3H3. The number of likely N-dealkylation sites (N-methyl/N-ethyl adjacent to an activating group) is 1. The van der Waals surface area contributed by atoms with E-state index < -0.39 is 0 Å². The summed E-state index contributed by atoms with van der Waals surface area (Å²) < 4.78 is 13.7. The number of aryl methyl sites for hydroxylation is 1. The minimum Gasteiger partial charge on any atom is -0.374 e. The van der Waals surface area contributed by atoms with Crippen molar-refractivity contribution < 1.29 is 9.18 Å². The zero-order chi connectivity index (χ0) is 15.4. The number of ketones is 1. The molecule has 0 saturated heterocycles. The highest BCUT2D eigenvalue weighted by Crippen LogP contribution is 2.24. The molecule has 4 heteroatoms. The van der Waals surface area contributed by atoms with E-state index in [2.05, 4.69) is 4.98 Å². The van der Waals surface area contributed by atoms with Crippen molar-refractivity contribution >= 4 is 11.5 Å². The van der Waals surface area contributed by atoms with Gasteiger partial charge in [-0.2, -0.15) is 0 Å². The third-order valence-electron chi connectivity index (χ3n) is 3.50. The molecule has 2 aromatic rings. The van der Waals surface area contributed by atoms with E-state index in [0.29, 0.717) is 17.7 Å². The molecule has 0 amide bonds. The van der Waals surface area contributed by atoms with Crippen LogP contribution in [0.25, 0.3) is 0 Å². The fourth-order valence-electron chi connectivity index (χ4n) is 2.21. The second kappa shape index (κ2) is 6.48. The van der Waals surface area contributed by atoms with Crippen LogP contribution in [0.2, 0.25) is 0 Å². The van der Waals surface area contributed by atoms with E-state index in [1.807, 2.05) is 30.1 Å². The molecule has 2 rings (SSSR count). The summed E-state index contributed by atoms with van der Waals surface area (Å²) in [7, 11) is 1.90. The monoisotopic (exact) mass is 286 g/mol. The molecule has 0 N–H and O–H groups in total. The Morgan fingerprint density at radius 1 is 1.33 bits per heavy atom. The van der Waals surface area contributed by atoms with Crippen LogP contribution in [0, 0.1) is 12.7 Å². The first-order chi connectivity index (χ1) is 9.99. The molecule has 3 nitrogen and oxygen atoms in total. The van der Waals surface area contributed by atoms with Crippen molar-refractivity contribution in [2.75, 3.05) is 18.5 Å². The predicted octanol–water partition coefficient (Wildman–Crippen LogP) is 3.41. The van der Waals surface area contributed by atoms with E-state index in [1.54, 1.807) is 19.2 Å². The largest absolute Gasteiger partial charge is 0.374 e. The van der Waals surface area contributed by atoms with E-state index in [-0.39, 0.29) is 11.6 Å². The molecule has 0 unspecified atom stereocenters. The smallest absolute Gasteiger partial charge is 0.161 e.